The highest BCUT2D eigenvalue weighted by atomic mass is 16.4. The van der Waals surface area contributed by atoms with Gasteiger partial charge in [-0.2, -0.15) is 0 Å². The lowest BCUT2D eigenvalue weighted by Gasteiger charge is -2.40. The number of amides is 1. The van der Waals surface area contributed by atoms with E-state index in [1.807, 2.05) is 18.7 Å². The number of nitrogens with zero attached hydrogens (tertiary/aromatic N) is 1. The van der Waals surface area contributed by atoms with Crippen LogP contribution in [0.4, 0.5) is 0 Å². The number of aliphatic carboxylic acids is 1. The van der Waals surface area contributed by atoms with E-state index in [2.05, 4.69) is 6.92 Å². The van der Waals surface area contributed by atoms with E-state index in [9.17, 15) is 9.59 Å². The molecule has 1 amide bonds. The van der Waals surface area contributed by atoms with Gasteiger partial charge < -0.3 is 10.0 Å². The van der Waals surface area contributed by atoms with Crippen molar-refractivity contribution in [2.45, 2.75) is 59.4 Å². The molecule has 0 spiro atoms. The Labute approximate surface area is 116 Å². The topological polar surface area (TPSA) is 57.6 Å². The van der Waals surface area contributed by atoms with Crippen LogP contribution in [0.3, 0.4) is 0 Å². The summed E-state index contributed by atoms with van der Waals surface area (Å²) in [7, 11) is 0. The maximum atomic E-state index is 12.4. The minimum absolute atomic E-state index is 0.0740. The zero-order chi connectivity index (χ0) is 14.6. The fourth-order valence-electron chi connectivity index (χ4n) is 2.85. The van der Waals surface area contributed by atoms with E-state index in [4.69, 9.17) is 5.11 Å². The van der Waals surface area contributed by atoms with Gasteiger partial charge in [-0.15, -0.1) is 0 Å². The summed E-state index contributed by atoms with van der Waals surface area (Å²) in [4.78, 5) is 25.3. The summed E-state index contributed by atoms with van der Waals surface area (Å²) in [6.07, 6.45) is 4.49. The first kappa shape index (κ1) is 16.0. The van der Waals surface area contributed by atoms with E-state index in [1.54, 1.807) is 6.92 Å². The number of carbonyl (C=O) groups excluding carboxylic acids is 1. The number of carboxylic acids is 1. The third kappa shape index (κ3) is 4.22. The number of hydrogen-bond acceptors (Lipinski definition) is 2. The Bertz CT molecular complexity index is 327. The second kappa shape index (κ2) is 6.92. The molecule has 0 radical (unpaired) electrons. The third-order valence-electron chi connectivity index (χ3n) is 4.14. The molecule has 1 saturated carbocycles. The molecule has 0 bridgehead atoms. The van der Waals surface area contributed by atoms with Crippen LogP contribution in [0.5, 0.6) is 0 Å². The Balaban J connectivity index is 2.84. The number of rotatable bonds is 5. The maximum Gasteiger partial charge on any atom is 0.308 e. The molecule has 3 unspecified atom stereocenters. The van der Waals surface area contributed by atoms with E-state index < -0.39 is 11.9 Å². The smallest absolute Gasteiger partial charge is 0.308 e. The quantitative estimate of drug-likeness (QED) is 0.835. The minimum Gasteiger partial charge on any atom is -0.481 e. The Morgan fingerprint density at radius 1 is 1.21 bits per heavy atom. The van der Waals surface area contributed by atoms with E-state index in [0.29, 0.717) is 12.5 Å². The SMILES string of the molecule is CC(C)C(=O)N(CC(C)C(=O)O)C1CCCCC1C. The summed E-state index contributed by atoms with van der Waals surface area (Å²) in [5.74, 6) is -0.846. The van der Waals surface area contributed by atoms with Crippen molar-refractivity contribution < 1.29 is 14.7 Å². The van der Waals surface area contributed by atoms with Crippen molar-refractivity contribution in [3.05, 3.63) is 0 Å². The molecule has 110 valence electrons. The van der Waals surface area contributed by atoms with E-state index in [0.717, 1.165) is 19.3 Å². The average Bonchev–Trinajstić information content (AvgIpc) is 2.35. The molecule has 19 heavy (non-hydrogen) atoms. The molecular weight excluding hydrogens is 242 g/mol. The Morgan fingerprint density at radius 3 is 2.26 bits per heavy atom. The zero-order valence-corrected chi connectivity index (χ0v) is 12.6. The summed E-state index contributed by atoms with van der Waals surface area (Å²) < 4.78 is 0. The van der Waals surface area contributed by atoms with Gasteiger partial charge in [0.1, 0.15) is 0 Å². The normalized spacial score (nSPS) is 25.1. The Hall–Kier alpha value is -1.06. The highest BCUT2D eigenvalue weighted by molar-refractivity contribution is 5.79. The van der Waals surface area contributed by atoms with Gasteiger partial charge in [-0.25, -0.2) is 0 Å². The van der Waals surface area contributed by atoms with Crippen LogP contribution in [0, 0.1) is 17.8 Å². The van der Waals surface area contributed by atoms with E-state index in [-0.39, 0.29) is 17.9 Å². The van der Waals surface area contributed by atoms with Gasteiger partial charge in [0.25, 0.3) is 0 Å². The highest BCUT2D eigenvalue weighted by Crippen LogP contribution is 2.29. The molecule has 0 aromatic carbocycles. The van der Waals surface area contributed by atoms with Gasteiger partial charge in [-0.3, -0.25) is 9.59 Å². The number of carboxylic acid groups (broad SMARTS) is 1. The van der Waals surface area contributed by atoms with Crippen molar-refractivity contribution in [2.24, 2.45) is 17.8 Å². The number of hydrogen-bond donors (Lipinski definition) is 1. The van der Waals surface area contributed by atoms with Crippen LogP contribution in [0.2, 0.25) is 0 Å². The lowest BCUT2D eigenvalue weighted by atomic mass is 9.84. The van der Waals surface area contributed by atoms with Crippen molar-refractivity contribution in [2.75, 3.05) is 6.54 Å². The van der Waals surface area contributed by atoms with Crippen LogP contribution >= 0.6 is 0 Å². The summed E-state index contributed by atoms with van der Waals surface area (Å²) in [6, 6.07) is 0.213. The lowest BCUT2D eigenvalue weighted by Crippen LogP contribution is -2.49. The molecule has 4 nitrogen and oxygen atoms in total. The van der Waals surface area contributed by atoms with Gasteiger partial charge in [0, 0.05) is 18.5 Å². The molecule has 0 saturated heterocycles. The van der Waals surface area contributed by atoms with Gasteiger partial charge in [0.15, 0.2) is 0 Å². The van der Waals surface area contributed by atoms with Crippen LogP contribution in [-0.2, 0) is 9.59 Å². The lowest BCUT2D eigenvalue weighted by molar-refractivity contribution is -0.146. The summed E-state index contributed by atoms with van der Waals surface area (Å²) >= 11 is 0. The largest absolute Gasteiger partial charge is 0.481 e. The predicted molar refractivity (Wildman–Crippen MR) is 74.8 cm³/mol. The second-order valence-electron chi connectivity index (χ2n) is 6.21. The van der Waals surface area contributed by atoms with Gasteiger partial charge >= 0.3 is 5.97 Å². The monoisotopic (exact) mass is 269 g/mol. The zero-order valence-electron chi connectivity index (χ0n) is 12.6. The molecule has 0 aromatic heterocycles. The first-order valence-electron chi connectivity index (χ1n) is 7.37. The number of carbonyl (C=O) groups is 2. The standard InChI is InChI=1S/C15H27NO3/c1-10(2)14(17)16(9-12(4)15(18)19)13-8-6-5-7-11(13)3/h10-13H,5-9H2,1-4H3,(H,18,19). The van der Waals surface area contributed by atoms with E-state index >= 15 is 0 Å². The summed E-state index contributed by atoms with van der Waals surface area (Å²) in [6.45, 7) is 7.95. The molecule has 1 aliphatic rings. The van der Waals surface area contributed by atoms with Crippen LogP contribution in [0.1, 0.15) is 53.4 Å². The van der Waals surface area contributed by atoms with Crippen molar-refractivity contribution in [1.82, 2.24) is 4.90 Å². The van der Waals surface area contributed by atoms with Crippen molar-refractivity contribution >= 4 is 11.9 Å². The minimum atomic E-state index is -0.829. The van der Waals surface area contributed by atoms with Crippen molar-refractivity contribution in [1.29, 1.82) is 0 Å². The summed E-state index contributed by atoms with van der Waals surface area (Å²) in [5, 5.41) is 9.08. The average molecular weight is 269 g/mol. The molecular formula is C15H27NO3. The van der Waals surface area contributed by atoms with E-state index in [1.165, 1.54) is 6.42 Å². The molecule has 1 N–H and O–H groups in total. The fourth-order valence-corrected chi connectivity index (χ4v) is 2.85. The van der Waals surface area contributed by atoms with Crippen LogP contribution in [-0.4, -0.2) is 34.5 Å². The molecule has 4 heteroatoms. The first-order chi connectivity index (χ1) is 8.84. The molecule has 0 aromatic rings. The van der Waals surface area contributed by atoms with Gasteiger partial charge in [-0.1, -0.05) is 40.5 Å². The molecule has 3 atom stereocenters. The first-order valence-corrected chi connectivity index (χ1v) is 7.37. The van der Waals surface area contributed by atoms with Crippen LogP contribution < -0.4 is 0 Å². The Morgan fingerprint density at radius 2 is 1.79 bits per heavy atom. The van der Waals surface area contributed by atoms with Crippen molar-refractivity contribution in [3.63, 3.8) is 0 Å². The molecule has 1 rings (SSSR count). The maximum absolute atomic E-state index is 12.4. The fraction of sp³-hybridized carbons (Fsp3) is 0.867. The van der Waals surface area contributed by atoms with Crippen LogP contribution in [0.25, 0.3) is 0 Å². The van der Waals surface area contributed by atoms with Gasteiger partial charge in [0.2, 0.25) is 5.91 Å². The highest BCUT2D eigenvalue weighted by Gasteiger charge is 2.33. The van der Waals surface area contributed by atoms with Gasteiger partial charge in [0.05, 0.1) is 5.92 Å². The van der Waals surface area contributed by atoms with Gasteiger partial charge in [-0.05, 0) is 18.8 Å². The molecule has 0 heterocycles. The van der Waals surface area contributed by atoms with Crippen LogP contribution in [0.15, 0.2) is 0 Å². The molecule has 1 aliphatic carbocycles. The second-order valence-corrected chi connectivity index (χ2v) is 6.21. The predicted octanol–water partition coefficient (Wildman–Crippen LogP) is 2.77. The van der Waals surface area contributed by atoms with Crippen molar-refractivity contribution in [3.8, 4) is 0 Å². The third-order valence-corrected chi connectivity index (χ3v) is 4.14. The Kier molecular flexibility index (Phi) is 5.83. The molecule has 0 aliphatic heterocycles. The summed E-state index contributed by atoms with van der Waals surface area (Å²) in [5.41, 5.74) is 0. The molecule has 1 fully saturated rings.